The largest absolute Gasteiger partial charge is 0.347 e. The average Bonchev–Trinajstić information content (AvgIpc) is 2.38. The molecule has 20 heavy (non-hydrogen) atoms. The van der Waals surface area contributed by atoms with Gasteiger partial charge >= 0.3 is 0 Å². The van der Waals surface area contributed by atoms with Gasteiger partial charge in [-0.05, 0) is 46.3 Å². The smallest absolute Gasteiger partial charge is 0.225 e. The van der Waals surface area contributed by atoms with E-state index in [1.54, 1.807) is 18.2 Å². The Balaban J connectivity index is 2.08. The minimum atomic E-state index is -0.696. The molecule has 1 unspecified atom stereocenters. The van der Waals surface area contributed by atoms with Gasteiger partial charge in [-0.15, -0.1) is 0 Å². The minimum absolute atomic E-state index is 0.000187. The Morgan fingerprint density at radius 2 is 2.10 bits per heavy atom. The van der Waals surface area contributed by atoms with E-state index in [9.17, 15) is 9.18 Å². The summed E-state index contributed by atoms with van der Waals surface area (Å²) >= 11 is 0. The normalized spacial score (nSPS) is 20.7. The number of carbonyl (C=O) groups is 1. The van der Waals surface area contributed by atoms with Gasteiger partial charge in [0.2, 0.25) is 5.91 Å². The Morgan fingerprint density at radius 3 is 2.75 bits per heavy atom. The van der Waals surface area contributed by atoms with Crippen LogP contribution in [0.3, 0.4) is 0 Å². The second-order valence-corrected chi connectivity index (χ2v) is 6.20. The van der Waals surface area contributed by atoms with Crippen LogP contribution in [-0.4, -0.2) is 30.9 Å². The van der Waals surface area contributed by atoms with Gasteiger partial charge in [-0.1, -0.05) is 18.2 Å². The number of hydrogen-bond acceptors (Lipinski definition) is 2. The second-order valence-electron chi connectivity index (χ2n) is 6.20. The van der Waals surface area contributed by atoms with Crippen molar-refractivity contribution in [1.82, 2.24) is 10.2 Å². The molecule has 1 aliphatic rings. The van der Waals surface area contributed by atoms with Crippen molar-refractivity contribution in [3.05, 3.63) is 35.6 Å². The highest BCUT2D eigenvalue weighted by Crippen LogP contribution is 2.24. The first kappa shape index (κ1) is 15.0. The molecule has 1 fully saturated rings. The van der Waals surface area contributed by atoms with E-state index in [4.69, 9.17) is 0 Å². The molecule has 1 aromatic rings. The van der Waals surface area contributed by atoms with Gasteiger partial charge < -0.3 is 10.2 Å². The van der Waals surface area contributed by atoms with E-state index in [1.807, 2.05) is 20.9 Å². The number of carbonyl (C=O) groups excluding carboxylic acids is 1. The highest BCUT2D eigenvalue weighted by atomic mass is 19.1. The fourth-order valence-corrected chi connectivity index (χ4v) is 2.83. The second kappa shape index (κ2) is 5.92. The third-order valence-electron chi connectivity index (χ3n) is 3.98. The molecule has 1 atom stereocenters. The van der Waals surface area contributed by atoms with Crippen LogP contribution in [0.25, 0.3) is 0 Å². The number of benzene rings is 1. The van der Waals surface area contributed by atoms with Gasteiger partial charge in [-0.2, -0.15) is 0 Å². The van der Waals surface area contributed by atoms with Crippen LogP contribution in [0.5, 0.6) is 0 Å². The molecule has 0 saturated carbocycles. The maximum atomic E-state index is 13.9. The van der Waals surface area contributed by atoms with Gasteiger partial charge in [0.05, 0.1) is 11.5 Å². The molecule has 1 saturated heterocycles. The van der Waals surface area contributed by atoms with Crippen molar-refractivity contribution in [2.24, 2.45) is 5.92 Å². The van der Waals surface area contributed by atoms with Crippen LogP contribution in [0.15, 0.2) is 24.3 Å². The summed E-state index contributed by atoms with van der Waals surface area (Å²) in [5.41, 5.74) is -0.171. The van der Waals surface area contributed by atoms with Crippen LogP contribution in [0.2, 0.25) is 0 Å². The molecule has 1 aromatic carbocycles. The molecule has 2 rings (SSSR count). The summed E-state index contributed by atoms with van der Waals surface area (Å²) in [5.74, 6) is -0.261. The van der Waals surface area contributed by atoms with Crippen molar-refractivity contribution in [3.63, 3.8) is 0 Å². The molecule has 4 heteroatoms. The number of nitrogens with zero attached hydrogens (tertiary/aromatic N) is 1. The van der Waals surface area contributed by atoms with Crippen molar-refractivity contribution >= 4 is 5.91 Å². The van der Waals surface area contributed by atoms with E-state index in [2.05, 4.69) is 10.2 Å². The van der Waals surface area contributed by atoms with E-state index < -0.39 is 5.54 Å². The molecule has 0 bridgehead atoms. The molecule has 0 aromatic heterocycles. The lowest BCUT2D eigenvalue weighted by atomic mass is 9.91. The quantitative estimate of drug-likeness (QED) is 0.921. The number of piperidine rings is 1. The zero-order valence-corrected chi connectivity index (χ0v) is 12.4. The Kier molecular flexibility index (Phi) is 4.43. The summed E-state index contributed by atoms with van der Waals surface area (Å²) in [5, 5.41) is 3.00. The molecule has 1 amide bonds. The van der Waals surface area contributed by atoms with Gasteiger partial charge in [-0.25, -0.2) is 4.39 Å². The average molecular weight is 278 g/mol. The maximum Gasteiger partial charge on any atom is 0.225 e. The number of rotatable bonds is 3. The van der Waals surface area contributed by atoms with Crippen molar-refractivity contribution in [2.75, 3.05) is 20.1 Å². The van der Waals surface area contributed by atoms with E-state index in [0.29, 0.717) is 5.56 Å². The van der Waals surface area contributed by atoms with Gasteiger partial charge in [0.1, 0.15) is 5.82 Å². The van der Waals surface area contributed by atoms with E-state index in [0.717, 1.165) is 25.9 Å². The summed E-state index contributed by atoms with van der Waals surface area (Å²) in [6.07, 6.45) is 1.94. The fourth-order valence-electron chi connectivity index (χ4n) is 2.83. The number of hydrogen-bond donors (Lipinski definition) is 1. The lowest BCUT2D eigenvalue weighted by molar-refractivity contribution is -0.128. The first-order valence-corrected chi connectivity index (χ1v) is 7.16. The molecule has 0 aliphatic carbocycles. The first-order chi connectivity index (χ1) is 9.40. The highest BCUT2D eigenvalue weighted by Gasteiger charge is 2.30. The molecule has 0 radical (unpaired) electrons. The summed E-state index contributed by atoms with van der Waals surface area (Å²) in [6, 6.07) is 6.60. The van der Waals surface area contributed by atoms with Crippen LogP contribution in [-0.2, 0) is 10.3 Å². The van der Waals surface area contributed by atoms with Crippen molar-refractivity contribution in [2.45, 2.75) is 32.2 Å². The van der Waals surface area contributed by atoms with Crippen molar-refractivity contribution in [3.8, 4) is 0 Å². The van der Waals surface area contributed by atoms with Crippen LogP contribution in [0.4, 0.5) is 4.39 Å². The number of nitrogens with one attached hydrogen (secondary N) is 1. The minimum Gasteiger partial charge on any atom is -0.347 e. The summed E-state index contributed by atoms with van der Waals surface area (Å²) in [7, 11) is 2.03. The molecule has 0 spiro atoms. The zero-order valence-electron chi connectivity index (χ0n) is 12.4. The Labute approximate surface area is 120 Å². The summed E-state index contributed by atoms with van der Waals surface area (Å²) < 4.78 is 13.9. The molecular weight excluding hydrogens is 255 g/mol. The predicted molar refractivity (Wildman–Crippen MR) is 77.8 cm³/mol. The molecule has 1 heterocycles. The van der Waals surface area contributed by atoms with E-state index >= 15 is 0 Å². The Morgan fingerprint density at radius 1 is 1.40 bits per heavy atom. The molecule has 1 aliphatic heterocycles. The number of likely N-dealkylation sites (tertiary alicyclic amines) is 1. The van der Waals surface area contributed by atoms with Gasteiger partial charge in [-0.3, -0.25) is 4.79 Å². The highest BCUT2D eigenvalue weighted by molar-refractivity contribution is 5.80. The lowest BCUT2D eigenvalue weighted by Gasteiger charge is -2.33. The van der Waals surface area contributed by atoms with E-state index in [1.165, 1.54) is 6.07 Å². The summed E-state index contributed by atoms with van der Waals surface area (Å²) in [4.78, 5) is 14.6. The summed E-state index contributed by atoms with van der Waals surface area (Å²) in [6.45, 7) is 5.51. The van der Waals surface area contributed by atoms with Gasteiger partial charge in [0.15, 0.2) is 0 Å². The molecule has 110 valence electrons. The SMILES string of the molecule is CN1CCCC(C(=O)NC(C)(C)c2ccccc2F)C1. The third-order valence-corrected chi connectivity index (χ3v) is 3.98. The van der Waals surface area contributed by atoms with Gasteiger partial charge in [0, 0.05) is 12.1 Å². The first-order valence-electron chi connectivity index (χ1n) is 7.16. The topological polar surface area (TPSA) is 32.3 Å². The zero-order chi connectivity index (χ0) is 14.8. The molecular formula is C16H23FN2O. The lowest BCUT2D eigenvalue weighted by Crippen LogP contribution is -2.48. The predicted octanol–water partition coefficient (Wildman–Crippen LogP) is 2.52. The number of halogens is 1. The van der Waals surface area contributed by atoms with Gasteiger partial charge in [0.25, 0.3) is 0 Å². The van der Waals surface area contributed by atoms with Crippen molar-refractivity contribution < 1.29 is 9.18 Å². The fraction of sp³-hybridized carbons (Fsp3) is 0.562. The van der Waals surface area contributed by atoms with Crippen molar-refractivity contribution in [1.29, 1.82) is 0 Å². The number of amides is 1. The van der Waals surface area contributed by atoms with Crippen LogP contribution >= 0.6 is 0 Å². The van der Waals surface area contributed by atoms with Crippen LogP contribution < -0.4 is 5.32 Å². The van der Waals surface area contributed by atoms with Crippen LogP contribution in [0, 0.1) is 11.7 Å². The Hall–Kier alpha value is -1.42. The van der Waals surface area contributed by atoms with Crippen LogP contribution in [0.1, 0.15) is 32.3 Å². The monoisotopic (exact) mass is 278 g/mol. The maximum absolute atomic E-state index is 13.9. The third kappa shape index (κ3) is 3.37. The standard InChI is InChI=1S/C16H23FN2O/c1-16(2,13-8-4-5-9-14(13)17)18-15(20)12-7-6-10-19(3)11-12/h4-5,8-9,12H,6-7,10-11H2,1-3H3,(H,18,20). The molecule has 1 N–H and O–H groups in total. The Bertz CT molecular complexity index is 487. The molecule has 3 nitrogen and oxygen atoms in total. The van der Waals surface area contributed by atoms with E-state index in [-0.39, 0.29) is 17.6 Å².